The Bertz CT molecular complexity index is 981. The second kappa shape index (κ2) is 8.14. The highest BCUT2D eigenvalue weighted by Gasteiger charge is 2.42. The molecule has 1 aliphatic rings. The molecule has 2 N–H and O–H groups in total. The minimum Gasteiger partial charge on any atom is -0.337 e. The molecule has 1 amide bonds. The Kier molecular flexibility index (Phi) is 5.41. The van der Waals surface area contributed by atoms with Crippen LogP contribution >= 0.6 is 11.8 Å². The van der Waals surface area contributed by atoms with Crippen LogP contribution in [-0.4, -0.2) is 27.2 Å². The summed E-state index contributed by atoms with van der Waals surface area (Å²) in [5.74, 6) is 0.323. The number of amides is 1. The lowest BCUT2D eigenvalue weighted by atomic mass is 9.98. The number of carbonyl (C=O) groups is 1. The van der Waals surface area contributed by atoms with Gasteiger partial charge in [-0.05, 0) is 25.7 Å². The van der Waals surface area contributed by atoms with Gasteiger partial charge in [0.2, 0.25) is 5.91 Å². The maximum Gasteiger partial charge on any atom is 0.231 e. The largest absolute Gasteiger partial charge is 0.337 e. The number of aromatic amines is 1. The van der Waals surface area contributed by atoms with Crippen molar-refractivity contribution in [3.8, 4) is 28.6 Å². The van der Waals surface area contributed by atoms with Crippen molar-refractivity contribution in [2.75, 3.05) is 5.75 Å². The summed E-state index contributed by atoms with van der Waals surface area (Å²) in [7, 11) is 0. The van der Waals surface area contributed by atoms with E-state index in [0.29, 0.717) is 5.16 Å². The molecule has 1 atom stereocenters. The molecule has 1 aromatic heterocycles. The number of carbonyl (C=O) groups excluding carboxylic acids is 1. The van der Waals surface area contributed by atoms with Crippen molar-refractivity contribution in [3.05, 3.63) is 60.7 Å². The Labute approximate surface area is 174 Å². The van der Waals surface area contributed by atoms with E-state index in [1.165, 1.54) is 11.8 Å². The predicted molar refractivity (Wildman–Crippen MR) is 115 cm³/mol. The van der Waals surface area contributed by atoms with Crippen molar-refractivity contribution in [2.24, 2.45) is 5.92 Å². The second-order valence-corrected chi connectivity index (χ2v) is 8.39. The molecule has 6 heteroatoms. The van der Waals surface area contributed by atoms with Crippen molar-refractivity contribution in [1.29, 1.82) is 5.26 Å². The number of imidazole rings is 1. The molecule has 1 heterocycles. The maximum atomic E-state index is 12.4. The van der Waals surface area contributed by atoms with Crippen LogP contribution in [0.5, 0.6) is 0 Å². The molecule has 0 bridgehead atoms. The van der Waals surface area contributed by atoms with Gasteiger partial charge < -0.3 is 10.3 Å². The summed E-state index contributed by atoms with van der Waals surface area (Å²) in [5.41, 5.74) is 3.08. The van der Waals surface area contributed by atoms with Crippen LogP contribution in [0.4, 0.5) is 0 Å². The second-order valence-electron chi connectivity index (χ2n) is 7.42. The number of thioether (sulfide) groups is 1. The molecule has 0 saturated heterocycles. The van der Waals surface area contributed by atoms with E-state index in [0.717, 1.165) is 35.4 Å². The topological polar surface area (TPSA) is 81.6 Å². The van der Waals surface area contributed by atoms with E-state index >= 15 is 0 Å². The summed E-state index contributed by atoms with van der Waals surface area (Å²) < 4.78 is 0. The van der Waals surface area contributed by atoms with Gasteiger partial charge in [-0.15, -0.1) is 0 Å². The Morgan fingerprint density at radius 1 is 1.17 bits per heavy atom. The molecule has 3 aromatic rings. The van der Waals surface area contributed by atoms with E-state index in [9.17, 15) is 10.1 Å². The molecular formula is C23H22N4OS. The molecular weight excluding hydrogens is 380 g/mol. The van der Waals surface area contributed by atoms with E-state index in [1.54, 1.807) is 6.92 Å². The minimum absolute atomic E-state index is 0.148. The van der Waals surface area contributed by atoms with E-state index in [1.807, 2.05) is 60.7 Å². The highest BCUT2D eigenvalue weighted by atomic mass is 32.2. The van der Waals surface area contributed by atoms with E-state index in [-0.39, 0.29) is 17.6 Å². The van der Waals surface area contributed by atoms with Crippen LogP contribution in [-0.2, 0) is 4.79 Å². The summed E-state index contributed by atoms with van der Waals surface area (Å²) in [5, 5.41) is 13.0. The van der Waals surface area contributed by atoms with Crippen LogP contribution in [0.2, 0.25) is 0 Å². The molecule has 0 unspecified atom stereocenters. The molecule has 1 aliphatic carbocycles. The van der Waals surface area contributed by atoms with Crippen LogP contribution < -0.4 is 5.32 Å². The number of benzene rings is 2. The third-order valence-electron chi connectivity index (χ3n) is 5.16. The van der Waals surface area contributed by atoms with Crippen molar-refractivity contribution < 1.29 is 4.79 Å². The molecule has 5 nitrogen and oxygen atoms in total. The quantitative estimate of drug-likeness (QED) is 0.564. The zero-order valence-electron chi connectivity index (χ0n) is 16.2. The highest BCUT2D eigenvalue weighted by Crippen LogP contribution is 2.39. The van der Waals surface area contributed by atoms with Crippen LogP contribution in [0.1, 0.15) is 19.8 Å². The lowest BCUT2D eigenvalue weighted by molar-refractivity contribution is -0.119. The summed E-state index contributed by atoms with van der Waals surface area (Å²) in [6.45, 7) is 1.81. The predicted octanol–water partition coefficient (Wildman–Crippen LogP) is 4.64. The van der Waals surface area contributed by atoms with Gasteiger partial charge in [0.05, 0.1) is 23.2 Å². The van der Waals surface area contributed by atoms with Crippen LogP contribution in [0.25, 0.3) is 22.5 Å². The third kappa shape index (κ3) is 4.36. The number of nitriles is 1. The van der Waals surface area contributed by atoms with Crippen LogP contribution in [0.3, 0.4) is 0 Å². The summed E-state index contributed by atoms with van der Waals surface area (Å²) in [6.07, 6.45) is 1.99. The van der Waals surface area contributed by atoms with Gasteiger partial charge in [-0.25, -0.2) is 4.98 Å². The molecule has 0 radical (unpaired) electrons. The van der Waals surface area contributed by atoms with Gasteiger partial charge in [-0.1, -0.05) is 72.4 Å². The van der Waals surface area contributed by atoms with Crippen molar-refractivity contribution in [3.63, 3.8) is 0 Å². The van der Waals surface area contributed by atoms with Gasteiger partial charge in [0.15, 0.2) is 5.16 Å². The molecule has 146 valence electrons. The van der Waals surface area contributed by atoms with E-state index < -0.39 is 5.54 Å². The van der Waals surface area contributed by atoms with Crippen molar-refractivity contribution >= 4 is 17.7 Å². The lowest BCUT2D eigenvalue weighted by Crippen LogP contribution is -2.47. The fraction of sp³-hybridized carbons (Fsp3) is 0.261. The Morgan fingerprint density at radius 3 is 2.38 bits per heavy atom. The molecule has 1 fully saturated rings. The smallest absolute Gasteiger partial charge is 0.231 e. The van der Waals surface area contributed by atoms with Crippen LogP contribution in [0.15, 0.2) is 65.8 Å². The zero-order chi connectivity index (χ0) is 20.3. The number of rotatable bonds is 7. The molecule has 2 aromatic carbocycles. The fourth-order valence-electron chi connectivity index (χ4n) is 3.38. The average molecular weight is 403 g/mol. The third-order valence-corrected chi connectivity index (χ3v) is 6.03. The van der Waals surface area contributed by atoms with Gasteiger partial charge >= 0.3 is 0 Å². The summed E-state index contributed by atoms with van der Waals surface area (Å²) >= 11 is 1.35. The van der Waals surface area contributed by atoms with E-state index in [2.05, 4.69) is 16.4 Å². The fourth-order valence-corrected chi connectivity index (χ4v) is 4.05. The van der Waals surface area contributed by atoms with Crippen LogP contribution in [0, 0.1) is 17.2 Å². The molecule has 0 spiro atoms. The first-order chi connectivity index (χ1) is 14.1. The zero-order valence-corrected chi connectivity index (χ0v) is 17.0. The Hall–Kier alpha value is -3.04. The normalized spacial score (nSPS) is 15.3. The maximum absolute atomic E-state index is 12.4. The molecule has 1 saturated carbocycles. The first-order valence-electron chi connectivity index (χ1n) is 9.65. The first-order valence-corrected chi connectivity index (χ1v) is 10.6. The average Bonchev–Trinajstić information content (AvgIpc) is 3.54. The number of nitrogens with zero attached hydrogens (tertiary/aromatic N) is 2. The number of hydrogen-bond acceptors (Lipinski definition) is 4. The monoisotopic (exact) mass is 402 g/mol. The van der Waals surface area contributed by atoms with Crippen molar-refractivity contribution in [1.82, 2.24) is 15.3 Å². The van der Waals surface area contributed by atoms with E-state index in [4.69, 9.17) is 4.98 Å². The van der Waals surface area contributed by atoms with Gasteiger partial charge in [-0.3, -0.25) is 4.79 Å². The highest BCUT2D eigenvalue weighted by molar-refractivity contribution is 7.99. The standard InChI is InChI=1S/C23H22N4OS/c1-23(15-24,18-12-13-18)27-19(28)14-29-22-25-20(16-8-4-2-5-9-16)21(26-22)17-10-6-3-7-11-17/h2-11,18H,12-14H2,1H3,(H,25,26)(H,27,28)/t23-/m0/s1. The Morgan fingerprint density at radius 2 is 1.79 bits per heavy atom. The van der Waals surface area contributed by atoms with Gasteiger partial charge in [0.25, 0.3) is 0 Å². The lowest BCUT2D eigenvalue weighted by Gasteiger charge is -2.22. The SMILES string of the molecule is C[C@@](C#N)(NC(=O)CSc1nc(-c2ccccc2)c(-c2ccccc2)[nH]1)C1CC1. The summed E-state index contributed by atoms with van der Waals surface area (Å²) in [6, 6.07) is 22.3. The molecule has 29 heavy (non-hydrogen) atoms. The van der Waals surface area contributed by atoms with Gasteiger partial charge in [-0.2, -0.15) is 5.26 Å². The number of nitrogens with one attached hydrogen (secondary N) is 2. The molecule has 0 aliphatic heterocycles. The number of hydrogen-bond donors (Lipinski definition) is 2. The summed E-state index contributed by atoms with van der Waals surface area (Å²) in [4.78, 5) is 20.6. The minimum atomic E-state index is -0.773. The number of H-pyrrole nitrogens is 1. The van der Waals surface area contributed by atoms with Gasteiger partial charge in [0.1, 0.15) is 5.54 Å². The van der Waals surface area contributed by atoms with Crippen molar-refractivity contribution in [2.45, 2.75) is 30.5 Å². The van der Waals surface area contributed by atoms with Gasteiger partial charge in [0, 0.05) is 11.1 Å². The molecule has 4 rings (SSSR count). The Balaban J connectivity index is 1.53. The number of aromatic nitrogens is 2. The first kappa shape index (κ1) is 19.3.